The van der Waals surface area contributed by atoms with E-state index in [0.717, 1.165) is 10.7 Å². The molecule has 0 aliphatic carbocycles. The van der Waals surface area contributed by atoms with Gasteiger partial charge in [-0.1, -0.05) is 6.07 Å². The first kappa shape index (κ1) is 10.6. The van der Waals surface area contributed by atoms with Gasteiger partial charge in [0.2, 0.25) is 0 Å². The number of hydrogen-bond donors (Lipinski definition) is 2. The summed E-state index contributed by atoms with van der Waals surface area (Å²) in [4.78, 5) is 15.4. The van der Waals surface area contributed by atoms with Crippen LogP contribution in [0.2, 0.25) is 0 Å². The largest absolute Gasteiger partial charge is 0.320 e. The molecule has 1 rings (SSSR count). The van der Waals surface area contributed by atoms with Crippen LogP contribution in [0.25, 0.3) is 0 Å². The van der Waals surface area contributed by atoms with E-state index in [1.165, 1.54) is 7.05 Å². The van der Waals surface area contributed by atoms with Crippen molar-refractivity contribution in [3.8, 4) is 0 Å². The van der Waals surface area contributed by atoms with Crippen LogP contribution in [0.5, 0.6) is 0 Å². The summed E-state index contributed by atoms with van der Waals surface area (Å²) in [6, 6.07) is 4.86. The number of amides is 1. The fourth-order valence-electron chi connectivity index (χ4n) is 1.09. The predicted octanol–water partition coefficient (Wildman–Crippen LogP) is -0.716. The number of nitrogens with zero attached hydrogens (tertiary/aromatic N) is 2. The van der Waals surface area contributed by atoms with Crippen LogP contribution < -0.4 is 11.6 Å². The molecule has 0 saturated heterocycles. The minimum atomic E-state index is -0.625. The molecule has 0 bridgehead atoms. The molecule has 76 valence electrons. The third kappa shape index (κ3) is 2.79. The van der Waals surface area contributed by atoms with Gasteiger partial charge in [0, 0.05) is 25.4 Å². The quantitative estimate of drug-likeness (QED) is 0.378. The molecule has 14 heavy (non-hydrogen) atoms. The van der Waals surface area contributed by atoms with E-state index >= 15 is 0 Å². The summed E-state index contributed by atoms with van der Waals surface area (Å²) < 4.78 is 0. The number of hydrazine groups is 1. The van der Waals surface area contributed by atoms with Crippen LogP contribution in [-0.4, -0.2) is 29.0 Å². The first-order valence-electron chi connectivity index (χ1n) is 4.29. The van der Waals surface area contributed by atoms with Gasteiger partial charge in [0.1, 0.15) is 0 Å². The van der Waals surface area contributed by atoms with Crippen molar-refractivity contribution in [3.05, 3.63) is 30.1 Å². The molecule has 0 aliphatic rings. The molecule has 0 spiro atoms. The molecule has 1 unspecified atom stereocenters. The van der Waals surface area contributed by atoms with Crippen LogP contribution in [0.4, 0.5) is 0 Å². The Kier molecular flexibility index (Phi) is 3.55. The van der Waals surface area contributed by atoms with Gasteiger partial charge in [0.25, 0.3) is 5.91 Å². The third-order valence-electron chi connectivity index (χ3n) is 1.82. The maximum atomic E-state index is 11.3. The van der Waals surface area contributed by atoms with E-state index in [2.05, 4.69) is 4.98 Å². The summed E-state index contributed by atoms with van der Waals surface area (Å²) >= 11 is 0. The second kappa shape index (κ2) is 4.69. The number of hydrogen-bond acceptors (Lipinski definition) is 4. The van der Waals surface area contributed by atoms with Crippen molar-refractivity contribution in [3.63, 3.8) is 0 Å². The van der Waals surface area contributed by atoms with Crippen molar-refractivity contribution in [2.24, 2.45) is 11.6 Å². The predicted molar refractivity (Wildman–Crippen MR) is 52.9 cm³/mol. The molecular formula is C9H14N4O. The van der Waals surface area contributed by atoms with Gasteiger partial charge in [-0.3, -0.25) is 14.8 Å². The number of nitrogens with two attached hydrogens (primary N) is 2. The van der Waals surface area contributed by atoms with Gasteiger partial charge in [-0.2, -0.15) is 0 Å². The Morgan fingerprint density at radius 2 is 2.36 bits per heavy atom. The van der Waals surface area contributed by atoms with Gasteiger partial charge in [-0.25, -0.2) is 5.84 Å². The molecule has 0 fully saturated rings. The van der Waals surface area contributed by atoms with Gasteiger partial charge in [0.05, 0.1) is 6.04 Å². The summed E-state index contributed by atoms with van der Waals surface area (Å²) in [7, 11) is 1.47. The van der Waals surface area contributed by atoms with E-state index in [-0.39, 0.29) is 5.91 Å². The van der Waals surface area contributed by atoms with Crippen molar-refractivity contribution in [2.45, 2.75) is 12.5 Å². The first-order valence-corrected chi connectivity index (χ1v) is 4.29. The standard InChI is InChI=1S/C9H14N4O/c1-13(11)9(14)8(10)6-7-4-2-3-5-12-7/h2-5,8H,6,10-11H2,1H3. The number of pyridine rings is 1. The van der Waals surface area contributed by atoms with E-state index < -0.39 is 6.04 Å². The van der Waals surface area contributed by atoms with E-state index in [9.17, 15) is 4.79 Å². The van der Waals surface area contributed by atoms with Crippen molar-refractivity contribution in [1.82, 2.24) is 9.99 Å². The molecule has 5 heteroatoms. The highest BCUT2D eigenvalue weighted by Crippen LogP contribution is 1.98. The lowest BCUT2D eigenvalue weighted by molar-refractivity contribution is -0.131. The SMILES string of the molecule is CN(N)C(=O)C(N)Cc1ccccn1. The fraction of sp³-hybridized carbons (Fsp3) is 0.333. The van der Waals surface area contributed by atoms with Crippen LogP contribution in [-0.2, 0) is 11.2 Å². The zero-order valence-corrected chi connectivity index (χ0v) is 8.05. The van der Waals surface area contributed by atoms with Gasteiger partial charge >= 0.3 is 0 Å². The summed E-state index contributed by atoms with van der Waals surface area (Å²) in [5, 5.41) is 0.994. The molecule has 1 aromatic rings. The zero-order chi connectivity index (χ0) is 10.6. The zero-order valence-electron chi connectivity index (χ0n) is 8.05. The van der Waals surface area contributed by atoms with Gasteiger partial charge in [-0.05, 0) is 12.1 Å². The number of likely N-dealkylation sites (N-methyl/N-ethyl adjacent to an activating group) is 1. The third-order valence-corrected chi connectivity index (χ3v) is 1.82. The maximum Gasteiger partial charge on any atom is 0.253 e. The summed E-state index contributed by atoms with van der Waals surface area (Å²) in [5.41, 5.74) is 6.43. The molecule has 1 atom stereocenters. The molecular weight excluding hydrogens is 180 g/mol. The average Bonchev–Trinajstić information content (AvgIpc) is 2.18. The minimum absolute atomic E-state index is 0.296. The lowest BCUT2D eigenvalue weighted by Crippen LogP contribution is -2.46. The fourth-order valence-corrected chi connectivity index (χ4v) is 1.09. The number of aromatic nitrogens is 1. The van der Waals surface area contributed by atoms with Crippen molar-refractivity contribution in [1.29, 1.82) is 0 Å². The first-order chi connectivity index (χ1) is 6.61. The Labute approximate surface area is 82.7 Å². The van der Waals surface area contributed by atoms with Crippen molar-refractivity contribution >= 4 is 5.91 Å². The van der Waals surface area contributed by atoms with Crippen LogP contribution in [0, 0.1) is 0 Å². The van der Waals surface area contributed by atoms with E-state index in [0.29, 0.717) is 6.42 Å². The Hall–Kier alpha value is -1.46. The number of carbonyl (C=O) groups is 1. The normalized spacial score (nSPS) is 12.2. The van der Waals surface area contributed by atoms with Crippen LogP contribution in [0.15, 0.2) is 24.4 Å². The topological polar surface area (TPSA) is 85.2 Å². The Balaban J connectivity index is 2.57. The van der Waals surface area contributed by atoms with Gasteiger partial charge in [0.15, 0.2) is 0 Å². The van der Waals surface area contributed by atoms with E-state index in [4.69, 9.17) is 11.6 Å². The van der Waals surface area contributed by atoms with Crippen LogP contribution in [0.1, 0.15) is 5.69 Å². The lowest BCUT2D eigenvalue weighted by Gasteiger charge is -2.15. The Morgan fingerprint density at radius 3 is 2.86 bits per heavy atom. The molecule has 0 aromatic carbocycles. The molecule has 4 N–H and O–H groups in total. The average molecular weight is 194 g/mol. The van der Waals surface area contributed by atoms with Crippen molar-refractivity contribution < 1.29 is 4.79 Å². The minimum Gasteiger partial charge on any atom is -0.320 e. The highest BCUT2D eigenvalue weighted by Gasteiger charge is 2.16. The van der Waals surface area contributed by atoms with E-state index in [1.807, 2.05) is 18.2 Å². The highest BCUT2D eigenvalue weighted by molar-refractivity contribution is 5.81. The molecule has 0 aliphatic heterocycles. The molecule has 1 amide bonds. The number of rotatable bonds is 3. The monoisotopic (exact) mass is 194 g/mol. The smallest absolute Gasteiger partial charge is 0.253 e. The molecule has 0 radical (unpaired) electrons. The molecule has 1 aromatic heterocycles. The van der Waals surface area contributed by atoms with E-state index in [1.54, 1.807) is 6.20 Å². The maximum absolute atomic E-state index is 11.3. The second-order valence-corrected chi connectivity index (χ2v) is 3.08. The summed E-state index contributed by atoms with van der Waals surface area (Å²) in [6.07, 6.45) is 2.07. The summed E-state index contributed by atoms with van der Waals surface area (Å²) in [6.45, 7) is 0. The Morgan fingerprint density at radius 1 is 1.64 bits per heavy atom. The van der Waals surface area contributed by atoms with Gasteiger partial charge in [-0.15, -0.1) is 0 Å². The molecule has 1 heterocycles. The van der Waals surface area contributed by atoms with Crippen LogP contribution in [0.3, 0.4) is 0 Å². The number of carbonyl (C=O) groups excluding carboxylic acids is 1. The highest BCUT2D eigenvalue weighted by atomic mass is 16.2. The molecule has 0 saturated carbocycles. The second-order valence-electron chi connectivity index (χ2n) is 3.08. The molecule has 5 nitrogen and oxygen atoms in total. The van der Waals surface area contributed by atoms with Gasteiger partial charge < -0.3 is 5.73 Å². The van der Waals surface area contributed by atoms with Crippen LogP contribution >= 0.6 is 0 Å². The lowest BCUT2D eigenvalue weighted by atomic mass is 10.1. The summed E-state index contributed by atoms with van der Waals surface area (Å²) in [5.74, 6) is 4.98. The van der Waals surface area contributed by atoms with Crippen molar-refractivity contribution in [2.75, 3.05) is 7.05 Å². The Bertz CT molecular complexity index is 299.